The Morgan fingerprint density at radius 3 is 1.56 bits per heavy atom. The predicted molar refractivity (Wildman–Crippen MR) is 174 cm³/mol. The number of ether oxygens (including phenoxy) is 2. The molecule has 0 atom stereocenters. The van der Waals surface area contributed by atoms with Crippen LogP contribution in [0.4, 0.5) is 0 Å². The average molecular weight is 624 g/mol. The molecule has 0 bridgehead atoms. The number of aromatic nitrogens is 1. The van der Waals surface area contributed by atoms with Crippen LogP contribution < -0.4 is 9.47 Å². The molecule has 0 N–H and O–H groups in total. The Morgan fingerprint density at radius 1 is 0.578 bits per heavy atom. The molecule has 232 valence electrons. The lowest BCUT2D eigenvalue weighted by Gasteiger charge is -2.25. The molecule has 8 heteroatoms. The van der Waals surface area contributed by atoms with Crippen molar-refractivity contribution in [1.82, 2.24) is 4.98 Å². The van der Waals surface area contributed by atoms with Gasteiger partial charge >= 0.3 is 11.9 Å². The Bertz CT molecular complexity index is 1630. The molecule has 0 spiro atoms. The number of benzene rings is 3. The minimum atomic E-state index is -0.327. The van der Waals surface area contributed by atoms with E-state index in [4.69, 9.17) is 14.5 Å². The summed E-state index contributed by atoms with van der Waals surface area (Å²) in [6.45, 7) is 3.22. The molecule has 1 aromatic heterocycles. The van der Waals surface area contributed by atoms with Crippen molar-refractivity contribution in [2.75, 3.05) is 0 Å². The van der Waals surface area contributed by atoms with Crippen LogP contribution in [-0.4, -0.2) is 28.5 Å². The highest BCUT2D eigenvalue weighted by molar-refractivity contribution is 7.22. The summed E-state index contributed by atoms with van der Waals surface area (Å²) in [6, 6.07) is 21.6. The van der Waals surface area contributed by atoms with E-state index in [1.165, 1.54) is 11.3 Å². The Kier molecular flexibility index (Phi) is 9.21. The highest BCUT2D eigenvalue weighted by Gasteiger charge is 2.32. The number of fused-ring (bicyclic) bond motifs is 1. The number of ketones is 2. The number of carbonyl (C=O) groups excluding carboxylic acids is 4. The number of hydrogen-bond acceptors (Lipinski definition) is 8. The molecule has 2 fully saturated rings. The van der Waals surface area contributed by atoms with Gasteiger partial charge in [0.1, 0.15) is 26.8 Å². The van der Waals surface area contributed by atoms with Crippen molar-refractivity contribution in [3.63, 3.8) is 0 Å². The molecule has 2 saturated carbocycles. The zero-order chi connectivity index (χ0) is 31.5. The van der Waals surface area contributed by atoms with Crippen LogP contribution in [-0.2, 0) is 19.2 Å². The van der Waals surface area contributed by atoms with E-state index in [0.29, 0.717) is 78.1 Å². The van der Waals surface area contributed by atoms with Gasteiger partial charge in [-0.15, -0.1) is 11.3 Å². The molecule has 45 heavy (non-hydrogen) atoms. The SMILES string of the molecule is CC(=O)C1CCC(C(=O)Oc2ccc(OC(=O)C3CCC(C(C)=O)CC3)c3sc(-c4ccc(-c5ccccc5)cc4)nc23)CC1. The van der Waals surface area contributed by atoms with Crippen LogP contribution in [0.2, 0.25) is 0 Å². The number of rotatable bonds is 8. The van der Waals surface area contributed by atoms with Gasteiger partial charge in [0.15, 0.2) is 11.5 Å². The summed E-state index contributed by atoms with van der Waals surface area (Å²) in [5.74, 6) is -0.0883. The van der Waals surface area contributed by atoms with Gasteiger partial charge in [-0.3, -0.25) is 19.2 Å². The van der Waals surface area contributed by atoms with Crippen molar-refractivity contribution < 1.29 is 28.7 Å². The van der Waals surface area contributed by atoms with Crippen LogP contribution in [0.5, 0.6) is 11.5 Å². The molecule has 0 aliphatic heterocycles. The second-order valence-corrected chi connectivity index (χ2v) is 13.4. The highest BCUT2D eigenvalue weighted by Crippen LogP contribution is 2.42. The third-order valence-corrected chi connectivity index (χ3v) is 10.5. The van der Waals surface area contributed by atoms with Crippen LogP contribution in [0.1, 0.15) is 65.2 Å². The summed E-state index contributed by atoms with van der Waals surface area (Å²) in [5, 5.41) is 0.717. The molecule has 3 aromatic carbocycles. The van der Waals surface area contributed by atoms with Crippen LogP contribution in [0, 0.1) is 23.7 Å². The van der Waals surface area contributed by atoms with E-state index in [1.807, 2.05) is 42.5 Å². The summed E-state index contributed by atoms with van der Waals surface area (Å²) in [6.07, 6.45) is 5.23. The maximum atomic E-state index is 13.2. The fourth-order valence-corrected chi connectivity index (χ4v) is 7.57. The van der Waals surface area contributed by atoms with Gasteiger partial charge in [0.05, 0.1) is 11.8 Å². The zero-order valence-electron chi connectivity index (χ0n) is 25.6. The maximum absolute atomic E-state index is 13.2. The van der Waals surface area contributed by atoms with Crippen LogP contribution >= 0.6 is 11.3 Å². The Morgan fingerprint density at radius 2 is 1.02 bits per heavy atom. The number of thiazole rings is 1. The lowest BCUT2D eigenvalue weighted by Crippen LogP contribution is -2.28. The second-order valence-electron chi connectivity index (χ2n) is 12.4. The van der Waals surface area contributed by atoms with Crippen LogP contribution in [0.25, 0.3) is 31.9 Å². The third kappa shape index (κ3) is 6.91. The average Bonchev–Trinajstić information content (AvgIpc) is 3.53. The molecule has 1 heterocycles. The molecular formula is C37H37NO6S. The van der Waals surface area contributed by atoms with E-state index in [1.54, 1.807) is 26.0 Å². The van der Waals surface area contributed by atoms with Gasteiger partial charge in [0.2, 0.25) is 0 Å². The van der Waals surface area contributed by atoms with Gasteiger partial charge < -0.3 is 9.47 Å². The van der Waals surface area contributed by atoms with Gasteiger partial charge in [-0.2, -0.15) is 0 Å². The maximum Gasteiger partial charge on any atom is 0.314 e. The first kappa shape index (κ1) is 30.8. The van der Waals surface area contributed by atoms with E-state index >= 15 is 0 Å². The molecule has 6 rings (SSSR count). The third-order valence-electron chi connectivity index (χ3n) is 9.40. The van der Waals surface area contributed by atoms with Crippen molar-refractivity contribution in [2.45, 2.75) is 65.2 Å². The van der Waals surface area contributed by atoms with E-state index in [-0.39, 0.29) is 47.2 Å². The van der Waals surface area contributed by atoms with Crippen LogP contribution in [0.15, 0.2) is 66.7 Å². The van der Waals surface area contributed by atoms with Crippen molar-refractivity contribution in [2.24, 2.45) is 23.7 Å². The van der Waals surface area contributed by atoms with Gasteiger partial charge in [0, 0.05) is 17.4 Å². The summed E-state index contributed by atoms with van der Waals surface area (Å²) < 4.78 is 12.6. The monoisotopic (exact) mass is 623 g/mol. The first-order chi connectivity index (χ1) is 21.8. The van der Waals surface area contributed by atoms with E-state index in [2.05, 4.69) is 12.1 Å². The van der Waals surface area contributed by atoms with Gasteiger partial charge in [0.25, 0.3) is 0 Å². The first-order valence-corrected chi connectivity index (χ1v) is 16.6. The lowest BCUT2D eigenvalue weighted by atomic mass is 9.80. The summed E-state index contributed by atoms with van der Waals surface area (Å²) in [7, 11) is 0. The van der Waals surface area contributed by atoms with E-state index in [9.17, 15) is 19.2 Å². The minimum Gasteiger partial charge on any atom is -0.425 e. The standard InChI is InChI=1S/C37H37NO6S/c1-22(39)24-8-16-29(17-9-24)36(41)43-31-20-21-32(44-37(42)30-18-10-25(11-19-30)23(2)40)34-33(31)38-35(45-34)28-14-12-27(13-15-28)26-6-4-3-5-7-26/h3-7,12-15,20-21,24-25,29-30H,8-11,16-19H2,1-2H3. The van der Waals surface area contributed by atoms with Gasteiger partial charge in [-0.05, 0) is 88.5 Å². The Labute approximate surface area is 267 Å². The van der Waals surface area contributed by atoms with Crippen molar-refractivity contribution in [3.05, 3.63) is 66.7 Å². The molecule has 4 aromatic rings. The van der Waals surface area contributed by atoms with Crippen molar-refractivity contribution in [1.29, 1.82) is 0 Å². The number of nitrogens with zero attached hydrogens (tertiary/aromatic N) is 1. The number of Topliss-reactive ketones (excluding diaryl/α,β-unsaturated/α-hetero) is 2. The first-order valence-electron chi connectivity index (χ1n) is 15.8. The number of carbonyl (C=O) groups is 4. The quantitative estimate of drug-likeness (QED) is 0.144. The molecule has 0 amide bonds. The zero-order valence-corrected chi connectivity index (χ0v) is 26.4. The van der Waals surface area contributed by atoms with E-state index in [0.717, 1.165) is 16.7 Å². The second kappa shape index (κ2) is 13.4. The largest absolute Gasteiger partial charge is 0.425 e. The molecule has 7 nitrogen and oxygen atoms in total. The Hall–Kier alpha value is -4.17. The smallest absolute Gasteiger partial charge is 0.314 e. The molecular weight excluding hydrogens is 586 g/mol. The highest BCUT2D eigenvalue weighted by atomic mass is 32.1. The van der Waals surface area contributed by atoms with Crippen molar-refractivity contribution >= 4 is 45.1 Å². The molecule has 0 saturated heterocycles. The van der Waals surface area contributed by atoms with Gasteiger partial charge in [-0.1, -0.05) is 54.6 Å². The fraction of sp³-hybridized carbons (Fsp3) is 0.378. The molecule has 2 aliphatic carbocycles. The fourth-order valence-electron chi connectivity index (χ4n) is 6.54. The topological polar surface area (TPSA) is 99.6 Å². The number of esters is 2. The number of hydrogen-bond donors (Lipinski definition) is 0. The normalized spacial score (nSPS) is 21.6. The van der Waals surface area contributed by atoms with E-state index < -0.39 is 0 Å². The van der Waals surface area contributed by atoms with Crippen molar-refractivity contribution in [3.8, 4) is 33.2 Å². The molecule has 2 aliphatic rings. The molecule has 0 unspecified atom stereocenters. The lowest BCUT2D eigenvalue weighted by molar-refractivity contribution is -0.141. The van der Waals surface area contributed by atoms with Gasteiger partial charge in [-0.25, -0.2) is 4.98 Å². The summed E-state index contributed by atoms with van der Waals surface area (Å²) in [5.41, 5.74) is 3.57. The van der Waals surface area contributed by atoms with Crippen LogP contribution in [0.3, 0.4) is 0 Å². The molecule has 0 radical (unpaired) electrons. The summed E-state index contributed by atoms with van der Waals surface area (Å²) >= 11 is 1.39. The predicted octanol–water partition coefficient (Wildman–Crippen LogP) is 8.23. The Balaban J connectivity index is 1.27. The minimum absolute atomic E-state index is 0.0154. The summed E-state index contributed by atoms with van der Waals surface area (Å²) in [4.78, 5) is 55.0.